The molecule has 2 aromatic carbocycles. The van der Waals surface area contributed by atoms with Crippen molar-refractivity contribution in [2.45, 2.75) is 18.6 Å². The number of anilines is 2. The highest BCUT2D eigenvalue weighted by Gasteiger charge is 2.63. The van der Waals surface area contributed by atoms with Crippen LogP contribution < -0.4 is 15.1 Å². The maximum Gasteiger partial charge on any atom is 0.416 e. The number of benzene rings is 2. The lowest BCUT2D eigenvalue weighted by Gasteiger charge is -2.55. The first-order valence-electron chi connectivity index (χ1n) is 10.5. The van der Waals surface area contributed by atoms with Gasteiger partial charge in [-0.1, -0.05) is 18.2 Å². The molecule has 0 saturated carbocycles. The van der Waals surface area contributed by atoms with Gasteiger partial charge in [0.2, 0.25) is 5.91 Å². The number of nitrogens with one attached hydrogen (secondary N) is 1. The Morgan fingerprint density at radius 2 is 1.76 bits per heavy atom. The molecule has 5 rings (SSSR count). The SMILES string of the molecule is CN1CCN2c3ccc(C(F)(F)F)cc3C[C@]3(C(=O)NC(=O)N(c4ccccc4)C3=O)[C@H]2C1. The van der Waals surface area contributed by atoms with E-state index < -0.39 is 41.0 Å². The maximum absolute atomic E-state index is 14.0. The van der Waals surface area contributed by atoms with E-state index in [2.05, 4.69) is 5.32 Å². The van der Waals surface area contributed by atoms with Crippen LogP contribution in [-0.2, 0) is 22.2 Å². The molecule has 172 valence electrons. The van der Waals surface area contributed by atoms with Crippen LogP contribution in [0.4, 0.5) is 29.3 Å². The Morgan fingerprint density at radius 3 is 2.45 bits per heavy atom. The van der Waals surface area contributed by atoms with Gasteiger partial charge in [0.15, 0.2) is 5.41 Å². The molecular weight excluding hydrogens is 437 g/mol. The Morgan fingerprint density at radius 1 is 1.03 bits per heavy atom. The van der Waals surface area contributed by atoms with Crippen molar-refractivity contribution < 1.29 is 27.6 Å². The number of hydrogen-bond donors (Lipinski definition) is 1. The number of imide groups is 2. The number of barbiturate groups is 1. The number of para-hydroxylation sites is 1. The normalized spacial score (nSPS) is 25.7. The molecule has 2 aromatic rings. The number of urea groups is 1. The van der Waals surface area contributed by atoms with Gasteiger partial charge in [0, 0.05) is 25.3 Å². The number of carbonyl (C=O) groups is 3. The number of halogens is 3. The summed E-state index contributed by atoms with van der Waals surface area (Å²) in [6.07, 6.45) is -4.80. The van der Waals surface area contributed by atoms with Crippen LogP contribution in [0.5, 0.6) is 0 Å². The number of rotatable bonds is 1. The molecule has 0 unspecified atom stereocenters. The number of fused-ring (bicyclic) bond motifs is 4. The molecule has 7 nitrogen and oxygen atoms in total. The lowest BCUT2D eigenvalue weighted by molar-refractivity contribution is -0.145. The predicted octanol–water partition coefficient (Wildman–Crippen LogP) is 2.65. The second-order valence-electron chi connectivity index (χ2n) is 8.70. The molecule has 2 saturated heterocycles. The first-order valence-corrected chi connectivity index (χ1v) is 10.5. The van der Waals surface area contributed by atoms with Gasteiger partial charge in [0.1, 0.15) is 0 Å². The summed E-state index contributed by atoms with van der Waals surface area (Å²) in [6.45, 7) is 1.39. The molecular formula is C23H21F3N4O3. The first-order chi connectivity index (χ1) is 15.6. The van der Waals surface area contributed by atoms with Gasteiger partial charge in [0.25, 0.3) is 5.91 Å². The Balaban J connectivity index is 1.68. The van der Waals surface area contributed by atoms with Crippen molar-refractivity contribution in [1.29, 1.82) is 0 Å². The summed E-state index contributed by atoms with van der Waals surface area (Å²) < 4.78 is 40.3. The fourth-order valence-corrected chi connectivity index (χ4v) is 5.15. The highest BCUT2D eigenvalue weighted by Crippen LogP contribution is 2.47. The average Bonchev–Trinajstić information content (AvgIpc) is 2.77. The average molecular weight is 458 g/mol. The number of amides is 4. The highest BCUT2D eigenvalue weighted by atomic mass is 19.4. The molecule has 33 heavy (non-hydrogen) atoms. The summed E-state index contributed by atoms with van der Waals surface area (Å²) in [5.41, 5.74) is -1.47. The van der Waals surface area contributed by atoms with Crippen LogP contribution in [0.3, 0.4) is 0 Å². The quantitative estimate of drug-likeness (QED) is 0.666. The molecule has 0 radical (unpaired) electrons. The van der Waals surface area contributed by atoms with Crippen molar-refractivity contribution >= 4 is 29.2 Å². The fraction of sp³-hybridized carbons (Fsp3) is 0.348. The molecule has 0 bridgehead atoms. The van der Waals surface area contributed by atoms with E-state index in [-0.39, 0.29) is 17.7 Å². The molecule has 1 spiro atoms. The largest absolute Gasteiger partial charge is 0.416 e. The second kappa shape index (κ2) is 7.31. The van der Waals surface area contributed by atoms with Crippen LogP contribution >= 0.6 is 0 Å². The van der Waals surface area contributed by atoms with Crippen LogP contribution in [0.15, 0.2) is 48.5 Å². The smallest absolute Gasteiger partial charge is 0.364 e. The van der Waals surface area contributed by atoms with E-state index in [1.807, 2.05) is 16.8 Å². The molecule has 1 N–H and O–H groups in total. The van der Waals surface area contributed by atoms with Gasteiger partial charge in [-0.15, -0.1) is 0 Å². The third-order valence-corrected chi connectivity index (χ3v) is 6.77. The van der Waals surface area contributed by atoms with E-state index in [9.17, 15) is 27.6 Å². The zero-order valence-corrected chi connectivity index (χ0v) is 17.7. The van der Waals surface area contributed by atoms with Crippen molar-refractivity contribution in [1.82, 2.24) is 10.2 Å². The first kappa shape index (κ1) is 21.4. The standard InChI is InChI=1S/C23H21F3N4O3/c1-28-9-10-29-17-8-7-15(23(24,25)26)11-14(17)12-22(18(29)13-28)19(31)27-21(33)30(20(22)32)16-5-3-2-4-6-16/h2-8,11,18H,9-10,12-13H2,1H3,(H,27,31,33)/t18-,22-/m1/s1. The molecule has 3 aliphatic rings. The summed E-state index contributed by atoms with van der Waals surface area (Å²) in [6, 6.07) is 10.1. The number of carbonyl (C=O) groups excluding carboxylic acids is 3. The van der Waals surface area contributed by atoms with Gasteiger partial charge in [-0.2, -0.15) is 13.2 Å². The number of alkyl halides is 3. The lowest BCUT2D eigenvalue weighted by atomic mass is 9.67. The Kier molecular flexibility index (Phi) is 4.75. The van der Waals surface area contributed by atoms with E-state index >= 15 is 0 Å². The van der Waals surface area contributed by atoms with E-state index in [0.717, 1.165) is 17.0 Å². The molecule has 3 heterocycles. The fourth-order valence-electron chi connectivity index (χ4n) is 5.15. The van der Waals surface area contributed by atoms with Crippen LogP contribution in [0.1, 0.15) is 11.1 Å². The van der Waals surface area contributed by atoms with E-state index in [1.54, 1.807) is 30.3 Å². The zero-order valence-electron chi connectivity index (χ0n) is 17.7. The van der Waals surface area contributed by atoms with Gasteiger partial charge < -0.3 is 9.80 Å². The number of nitrogens with zero attached hydrogens (tertiary/aromatic N) is 3. The summed E-state index contributed by atoms with van der Waals surface area (Å²) in [7, 11) is 1.86. The summed E-state index contributed by atoms with van der Waals surface area (Å²) in [4.78, 5) is 44.8. The van der Waals surface area contributed by atoms with Crippen molar-refractivity contribution in [3.63, 3.8) is 0 Å². The topological polar surface area (TPSA) is 73.0 Å². The van der Waals surface area contributed by atoms with Crippen molar-refractivity contribution in [3.8, 4) is 0 Å². The monoisotopic (exact) mass is 458 g/mol. The van der Waals surface area contributed by atoms with E-state index in [4.69, 9.17) is 0 Å². The minimum Gasteiger partial charge on any atom is -0.364 e. The maximum atomic E-state index is 14.0. The minimum absolute atomic E-state index is 0.234. The summed E-state index contributed by atoms with van der Waals surface area (Å²) >= 11 is 0. The third kappa shape index (κ3) is 3.19. The molecule has 0 aliphatic carbocycles. The molecule has 3 aliphatic heterocycles. The predicted molar refractivity (Wildman–Crippen MR) is 114 cm³/mol. The van der Waals surface area contributed by atoms with Gasteiger partial charge >= 0.3 is 12.2 Å². The van der Waals surface area contributed by atoms with Crippen molar-refractivity contribution in [2.75, 3.05) is 36.5 Å². The summed E-state index contributed by atoms with van der Waals surface area (Å²) in [5, 5.41) is 2.30. The molecule has 10 heteroatoms. The Bertz CT molecular complexity index is 1150. The van der Waals surface area contributed by atoms with Gasteiger partial charge in [0.05, 0.1) is 17.3 Å². The lowest BCUT2D eigenvalue weighted by Crippen LogP contribution is -2.75. The molecule has 2 atom stereocenters. The van der Waals surface area contributed by atoms with Gasteiger partial charge in [-0.05, 0) is 49.4 Å². The van der Waals surface area contributed by atoms with E-state index in [0.29, 0.717) is 25.3 Å². The van der Waals surface area contributed by atoms with Crippen molar-refractivity contribution in [2.24, 2.45) is 5.41 Å². The van der Waals surface area contributed by atoms with Gasteiger partial charge in [-0.25, -0.2) is 9.69 Å². The van der Waals surface area contributed by atoms with Crippen molar-refractivity contribution in [3.05, 3.63) is 59.7 Å². The minimum atomic E-state index is -4.56. The van der Waals surface area contributed by atoms with Crippen LogP contribution in [0, 0.1) is 5.41 Å². The summed E-state index contributed by atoms with van der Waals surface area (Å²) in [5.74, 6) is -1.51. The molecule has 2 fully saturated rings. The van der Waals surface area contributed by atoms with E-state index in [1.165, 1.54) is 6.07 Å². The van der Waals surface area contributed by atoms with Crippen LogP contribution in [0.2, 0.25) is 0 Å². The van der Waals surface area contributed by atoms with Gasteiger partial charge in [-0.3, -0.25) is 14.9 Å². The van der Waals surface area contributed by atoms with Crippen LogP contribution in [-0.4, -0.2) is 55.5 Å². The zero-order chi connectivity index (χ0) is 23.5. The Hall–Kier alpha value is -3.40. The number of likely N-dealkylation sites (N-methyl/N-ethyl adjacent to an activating group) is 1. The number of piperazine rings is 1. The Labute approximate surface area is 187 Å². The third-order valence-electron chi connectivity index (χ3n) is 6.77. The second-order valence-corrected chi connectivity index (χ2v) is 8.70. The highest BCUT2D eigenvalue weighted by molar-refractivity contribution is 6.30. The molecule has 4 amide bonds. The molecule has 0 aromatic heterocycles. The number of hydrogen-bond acceptors (Lipinski definition) is 5. The van der Waals surface area contributed by atoms with Crippen LogP contribution in [0.25, 0.3) is 0 Å².